The summed E-state index contributed by atoms with van der Waals surface area (Å²) >= 11 is 0. The van der Waals surface area contributed by atoms with Crippen LogP contribution in [0.4, 0.5) is 4.39 Å². The average Bonchev–Trinajstić information content (AvgIpc) is 2.81. The number of hydrogen-bond acceptors (Lipinski definition) is 6. The van der Waals surface area contributed by atoms with E-state index >= 15 is 0 Å². The third-order valence-electron chi connectivity index (χ3n) is 5.87. The van der Waals surface area contributed by atoms with Crippen LogP contribution in [0.1, 0.15) is 17.5 Å². The minimum atomic E-state index is -0.280. The van der Waals surface area contributed by atoms with E-state index in [-0.39, 0.29) is 23.9 Å². The van der Waals surface area contributed by atoms with Gasteiger partial charge in [0.2, 0.25) is 5.91 Å². The first-order chi connectivity index (χ1) is 16.1. The molecule has 2 atom stereocenters. The second-order valence-corrected chi connectivity index (χ2v) is 8.58. The molecule has 33 heavy (non-hydrogen) atoms. The van der Waals surface area contributed by atoms with E-state index in [1.165, 1.54) is 12.1 Å². The first-order valence-electron chi connectivity index (χ1n) is 11.3. The normalized spacial score (nSPS) is 20.7. The van der Waals surface area contributed by atoms with Crippen molar-refractivity contribution in [1.29, 1.82) is 5.26 Å². The Morgan fingerprint density at radius 2 is 1.73 bits per heavy atom. The van der Waals surface area contributed by atoms with Gasteiger partial charge in [0.1, 0.15) is 11.6 Å². The fraction of sp³-hybridized carbons (Fsp3) is 0.440. The number of carbonyl (C=O) groups is 1. The smallest absolute Gasteiger partial charge is 0.234 e. The summed E-state index contributed by atoms with van der Waals surface area (Å²) in [6, 6.07) is 15.4. The van der Waals surface area contributed by atoms with Crippen LogP contribution in [0.15, 0.2) is 48.5 Å². The van der Waals surface area contributed by atoms with Crippen LogP contribution in [0.25, 0.3) is 0 Å². The number of rotatable bonds is 9. The highest BCUT2D eigenvalue weighted by Gasteiger charge is 2.35. The third kappa shape index (κ3) is 6.99. The molecule has 2 aliphatic heterocycles. The summed E-state index contributed by atoms with van der Waals surface area (Å²) in [6.45, 7) is 5.47. The third-order valence-corrected chi connectivity index (χ3v) is 5.87. The molecular weight excluding hydrogens is 423 g/mol. The van der Waals surface area contributed by atoms with Crippen molar-refractivity contribution in [3.05, 3.63) is 65.5 Å². The number of ether oxygens (including phenoxy) is 2. The maximum Gasteiger partial charge on any atom is 0.234 e. The van der Waals surface area contributed by atoms with Gasteiger partial charge in [-0.15, -0.1) is 0 Å². The predicted molar refractivity (Wildman–Crippen MR) is 121 cm³/mol. The van der Waals surface area contributed by atoms with Crippen molar-refractivity contribution < 1.29 is 18.7 Å². The molecule has 0 spiro atoms. The molecule has 2 saturated heterocycles. The van der Waals surface area contributed by atoms with Gasteiger partial charge in [-0.1, -0.05) is 12.1 Å². The minimum absolute atomic E-state index is 0.0314. The quantitative estimate of drug-likeness (QED) is 0.588. The van der Waals surface area contributed by atoms with Crippen LogP contribution >= 0.6 is 0 Å². The van der Waals surface area contributed by atoms with Gasteiger partial charge < -0.3 is 14.8 Å². The Balaban J connectivity index is 1.14. The number of benzene rings is 2. The summed E-state index contributed by atoms with van der Waals surface area (Å²) in [4.78, 5) is 16.9. The standard InChI is InChI=1S/C25H29FN4O3/c26-21-6-2-20(3-7-21)13-28-25(31)18-30-16-23-14-29(15-24(17-30)33-23)10-1-11-32-22-8-4-19(12-27)5-9-22/h2-9,23-24H,1,10-11,13-18H2,(H,28,31). The first kappa shape index (κ1) is 23.2. The lowest BCUT2D eigenvalue weighted by atomic mass is 10.1. The summed E-state index contributed by atoms with van der Waals surface area (Å²) in [6.07, 6.45) is 1.11. The lowest BCUT2D eigenvalue weighted by Crippen LogP contribution is -2.60. The fourth-order valence-electron chi connectivity index (χ4n) is 4.34. The number of nitrogens with zero attached hydrogens (tertiary/aromatic N) is 3. The molecule has 8 heteroatoms. The molecule has 2 bridgehead atoms. The van der Waals surface area contributed by atoms with Crippen molar-refractivity contribution in [2.24, 2.45) is 0 Å². The van der Waals surface area contributed by atoms with E-state index in [9.17, 15) is 9.18 Å². The Bertz CT molecular complexity index is 947. The molecule has 0 aromatic heterocycles. The molecule has 0 radical (unpaired) electrons. The highest BCUT2D eigenvalue weighted by molar-refractivity contribution is 5.78. The number of carbonyl (C=O) groups excluding carboxylic acids is 1. The molecule has 2 fully saturated rings. The minimum Gasteiger partial charge on any atom is -0.494 e. The van der Waals surface area contributed by atoms with Crippen molar-refractivity contribution in [3.8, 4) is 11.8 Å². The molecular formula is C25H29FN4O3. The zero-order valence-electron chi connectivity index (χ0n) is 18.6. The monoisotopic (exact) mass is 452 g/mol. The van der Waals surface area contributed by atoms with Crippen molar-refractivity contribution in [3.63, 3.8) is 0 Å². The van der Waals surface area contributed by atoms with Gasteiger partial charge in [0, 0.05) is 39.3 Å². The first-order valence-corrected chi connectivity index (χ1v) is 11.3. The number of amides is 1. The van der Waals surface area contributed by atoms with E-state index in [1.54, 1.807) is 24.3 Å². The van der Waals surface area contributed by atoms with Gasteiger partial charge in [-0.3, -0.25) is 14.6 Å². The van der Waals surface area contributed by atoms with Gasteiger partial charge in [0.05, 0.1) is 37.0 Å². The van der Waals surface area contributed by atoms with Gasteiger partial charge in [-0.2, -0.15) is 5.26 Å². The second-order valence-electron chi connectivity index (χ2n) is 8.58. The number of hydrogen-bond donors (Lipinski definition) is 1. The predicted octanol–water partition coefficient (Wildman–Crippen LogP) is 2.17. The summed E-state index contributed by atoms with van der Waals surface area (Å²) in [5.41, 5.74) is 1.50. The van der Waals surface area contributed by atoms with Crippen molar-refractivity contribution in [2.75, 3.05) is 45.9 Å². The molecule has 2 aliphatic rings. The molecule has 4 rings (SSSR count). The van der Waals surface area contributed by atoms with E-state index in [1.807, 2.05) is 12.1 Å². The summed E-state index contributed by atoms with van der Waals surface area (Å²) in [5.74, 6) is 0.468. The molecule has 2 aromatic carbocycles. The number of morpholine rings is 2. The van der Waals surface area contributed by atoms with Crippen molar-refractivity contribution in [2.45, 2.75) is 25.2 Å². The van der Waals surface area contributed by atoms with Gasteiger partial charge in [-0.05, 0) is 48.4 Å². The van der Waals surface area contributed by atoms with Gasteiger partial charge in [-0.25, -0.2) is 4.39 Å². The number of fused-ring (bicyclic) bond motifs is 2. The van der Waals surface area contributed by atoms with E-state index in [0.717, 1.165) is 50.5 Å². The molecule has 2 aromatic rings. The van der Waals surface area contributed by atoms with Crippen LogP contribution in [-0.4, -0.2) is 73.8 Å². The van der Waals surface area contributed by atoms with Crippen molar-refractivity contribution in [1.82, 2.24) is 15.1 Å². The van der Waals surface area contributed by atoms with E-state index in [0.29, 0.717) is 25.3 Å². The number of nitrogens with one attached hydrogen (secondary N) is 1. The van der Waals surface area contributed by atoms with Crippen LogP contribution < -0.4 is 10.1 Å². The molecule has 2 unspecified atom stereocenters. The SMILES string of the molecule is N#Cc1ccc(OCCCN2CC3CN(CC(=O)NCc4ccc(F)cc4)CC(C2)O3)cc1. The molecule has 1 amide bonds. The maximum absolute atomic E-state index is 13.0. The lowest BCUT2D eigenvalue weighted by molar-refractivity contribution is -0.145. The lowest BCUT2D eigenvalue weighted by Gasteiger charge is -2.45. The zero-order valence-corrected chi connectivity index (χ0v) is 18.6. The average molecular weight is 453 g/mol. The van der Waals surface area contributed by atoms with Crippen molar-refractivity contribution >= 4 is 5.91 Å². The molecule has 7 nitrogen and oxygen atoms in total. The summed E-state index contributed by atoms with van der Waals surface area (Å²) in [7, 11) is 0. The Morgan fingerprint density at radius 3 is 2.39 bits per heavy atom. The molecule has 174 valence electrons. The highest BCUT2D eigenvalue weighted by atomic mass is 19.1. The summed E-state index contributed by atoms with van der Waals surface area (Å²) in [5, 5.41) is 11.8. The second kappa shape index (κ2) is 11.2. The van der Waals surface area contributed by atoms with Gasteiger partial charge in [0.25, 0.3) is 0 Å². The van der Waals surface area contributed by atoms with Crippen LogP contribution in [0.2, 0.25) is 0 Å². The Labute approximate surface area is 193 Å². The highest BCUT2D eigenvalue weighted by Crippen LogP contribution is 2.19. The molecule has 0 aliphatic carbocycles. The number of halogens is 1. The van der Waals surface area contributed by atoms with E-state index < -0.39 is 0 Å². The van der Waals surface area contributed by atoms with Crippen LogP contribution in [0.3, 0.4) is 0 Å². The van der Waals surface area contributed by atoms with Crippen LogP contribution in [0.5, 0.6) is 5.75 Å². The van der Waals surface area contributed by atoms with E-state index in [4.69, 9.17) is 14.7 Å². The fourth-order valence-corrected chi connectivity index (χ4v) is 4.34. The Hall–Kier alpha value is -2.99. The topological polar surface area (TPSA) is 77.8 Å². The maximum atomic E-state index is 13.0. The Kier molecular flexibility index (Phi) is 7.89. The van der Waals surface area contributed by atoms with E-state index in [2.05, 4.69) is 21.2 Å². The summed E-state index contributed by atoms with van der Waals surface area (Å²) < 4.78 is 24.9. The number of nitriles is 1. The largest absolute Gasteiger partial charge is 0.494 e. The van der Waals surface area contributed by atoms with Gasteiger partial charge in [0.15, 0.2) is 0 Å². The molecule has 0 saturated carbocycles. The van der Waals surface area contributed by atoms with Crippen LogP contribution in [0, 0.1) is 17.1 Å². The van der Waals surface area contributed by atoms with Crippen LogP contribution in [-0.2, 0) is 16.1 Å². The molecule has 2 heterocycles. The zero-order chi connectivity index (χ0) is 23.0. The molecule has 1 N–H and O–H groups in total. The van der Waals surface area contributed by atoms with Gasteiger partial charge >= 0.3 is 0 Å². The Morgan fingerprint density at radius 1 is 1.06 bits per heavy atom.